The van der Waals surface area contributed by atoms with Crippen molar-refractivity contribution >= 4 is 112 Å². The Morgan fingerprint density at radius 2 is 0.672 bits per heavy atom. The van der Waals surface area contributed by atoms with Gasteiger partial charge in [0.15, 0.2) is 0 Å². The highest BCUT2D eigenvalue weighted by Gasteiger charge is 2.28. The van der Waals surface area contributed by atoms with E-state index in [0.717, 1.165) is 124 Å². The third kappa shape index (κ3) is 23.6. The van der Waals surface area contributed by atoms with Gasteiger partial charge in [-0.1, -0.05) is 158 Å². The maximum absolute atomic E-state index is 3.37. The molecule has 0 unspecified atom stereocenters. The monoisotopic (exact) mass is 844 g/mol. The minimum Gasteiger partial charge on any atom is -0.379 e. The first-order valence-electron chi connectivity index (χ1n) is 22.8. The van der Waals surface area contributed by atoms with Crippen LogP contribution in [0.3, 0.4) is 0 Å². The normalized spacial score (nSPS) is 16.1. The van der Waals surface area contributed by atoms with Crippen LogP contribution in [-0.4, -0.2) is 128 Å². The highest BCUT2D eigenvalue weighted by atomic mass is 15.2. The second-order valence-electron chi connectivity index (χ2n) is 15.4. The summed E-state index contributed by atoms with van der Waals surface area (Å²) in [5.41, 5.74) is 5.38. The van der Waals surface area contributed by atoms with Crippen molar-refractivity contribution in [2.45, 2.75) is 19.2 Å². The quantitative estimate of drug-likeness (QED) is 0.0668. The van der Waals surface area contributed by atoms with Crippen LogP contribution in [0, 0.1) is 0 Å². The molecule has 0 bridgehead atoms. The molecule has 30 heteroatoms. The molecule has 5 saturated heterocycles. The first-order valence-corrected chi connectivity index (χ1v) is 22.8. The average molecular weight is 841 g/mol. The Labute approximate surface area is 392 Å². The first kappa shape index (κ1) is 51.5. The lowest BCUT2D eigenvalue weighted by molar-refractivity contribution is 0.686. The van der Waals surface area contributed by atoms with Gasteiger partial charge in [0.2, 0.25) is 0 Å². The number of hydrogen-bond donors (Lipinski definition) is 13. The molecule has 5 aromatic rings. The van der Waals surface area contributed by atoms with Crippen LogP contribution in [0.2, 0.25) is 6.32 Å². The van der Waals surface area contributed by atoms with Crippen molar-refractivity contribution in [1.82, 2.24) is 76.2 Å². The lowest BCUT2D eigenvalue weighted by Gasteiger charge is -2.34. The molecular formula is C34H60B15N15. The van der Waals surface area contributed by atoms with E-state index < -0.39 is 0 Å². The Kier molecular flexibility index (Phi) is 28.0. The van der Waals surface area contributed by atoms with Crippen LogP contribution in [0.1, 0.15) is 11.1 Å². The van der Waals surface area contributed by atoms with Gasteiger partial charge in [0.05, 0.1) is 0 Å². The Morgan fingerprint density at radius 1 is 0.344 bits per heavy atom. The molecule has 316 valence electrons. The smallest absolute Gasteiger partial charge is 0.355 e. The molecule has 0 atom stereocenters. The number of nitrogens with one attached hydrogen (secondary N) is 13. The van der Waals surface area contributed by atoms with Crippen molar-refractivity contribution in [3.8, 4) is 11.1 Å². The minimum absolute atomic E-state index is 0.284. The van der Waals surface area contributed by atoms with Gasteiger partial charge in [-0.2, -0.15) is 0 Å². The lowest BCUT2D eigenvalue weighted by Crippen LogP contribution is -2.76. The molecule has 5 aliphatic rings. The van der Waals surface area contributed by atoms with Gasteiger partial charge >= 0.3 is 7.12 Å². The Hall–Kier alpha value is -3.53. The third-order valence-electron chi connectivity index (χ3n) is 10.4. The van der Waals surface area contributed by atoms with Gasteiger partial charge in [0, 0.05) is 0 Å². The zero-order valence-electron chi connectivity index (χ0n) is 37.6. The molecule has 10 rings (SSSR count). The molecule has 0 radical (unpaired) electrons. The molecular weight excluding hydrogens is 781 g/mol. The van der Waals surface area contributed by atoms with Crippen molar-refractivity contribution < 1.29 is 0 Å². The SMILES string of the molecule is B1NBN(B2NBNBN2)BN1.B1NBN(CCB2NBNBN2)BN1.B1NBNBN1.c1ccc(-c2ccccc2)cc1.c1ccc(CCc2ccccc2)cc1.c1ccccc1. The van der Waals surface area contributed by atoms with Gasteiger partial charge in [0.1, 0.15) is 0 Å². The van der Waals surface area contributed by atoms with E-state index in [4.69, 9.17) is 0 Å². The van der Waals surface area contributed by atoms with Crippen molar-refractivity contribution in [2.24, 2.45) is 0 Å². The van der Waals surface area contributed by atoms with Crippen LogP contribution in [-0.2, 0) is 12.8 Å². The molecule has 0 amide bonds. The summed E-state index contributed by atoms with van der Waals surface area (Å²) in [6.45, 7) is 1.57. The molecule has 5 heterocycles. The van der Waals surface area contributed by atoms with Crippen molar-refractivity contribution in [3.63, 3.8) is 0 Å². The first-order chi connectivity index (χ1) is 31.8. The predicted molar refractivity (Wildman–Crippen MR) is 297 cm³/mol. The molecule has 15 nitrogen and oxygen atoms in total. The van der Waals surface area contributed by atoms with Crippen LogP contribution in [0.5, 0.6) is 0 Å². The summed E-state index contributed by atoms with van der Waals surface area (Å²) in [6, 6.07) is 54.0. The van der Waals surface area contributed by atoms with Gasteiger partial charge in [-0.25, -0.2) is 0 Å². The fourth-order valence-corrected chi connectivity index (χ4v) is 6.90. The van der Waals surface area contributed by atoms with Crippen LogP contribution in [0.4, 0.5) is 0 Å². The van der Waals surface area contributed by atoms with Crippen LogP contribution in [0.15, 0.2) is 158 Å². The molecule has 0 spiro atoms. The Morgan fingerprint density at radius 3 is 1.08 bits per heavy atom. The molecule has 64 heavy (non-hydrogen) atoms. The molecule has 13 N–H and O–H groups in total. The van der Waals surface area contributed by atoms with Gasteiger partial charge in [-0.3, -0.25) is 0 Å². The largest absolute Gasteiger partial charge is 0.379 e. The van der Waals surface area contributed by atoms with Gasteiger partial charge in [-0.05, 0) is 48.0 Å². The highest BCUT2D eigenvalue weighted by Crippen LogP contribution is 2.17. The van der Waals surface area contributed by atoms with Crippen molar-refractivity contribution in [2.75, 3.05) is 6.54 Å². The zero-order valence-corrected chi connectivity index (χ0v) is 37.6. The van der Waals surface area contributed by atoms with Crippen LogP contribution < -0.4 is 66.8 Å². The highest BCUT2D eigenvalue weighted by molar-refractivity contribution is 6.85. The zero-order chi connectivity index (χ0) is 44.2. The molecule has 0 aromatic heterocycles. The van der Waals surface area contributed by atoms with Gasteiger partial charge in [-0.15, -0.1) is 0 Å². The number of aryl methyl sites for hydroxylation is 2. The summed E-state index contributed by atoms with van der Waals surface area (Å²) in [6.07, 6.45) is 3.40. The number of benzene rings is 5. The maximum atomic E-state index is 3.37. The molecule has 5 fully saturated rings. The summed E-state index contributed by atoms with van der Waals surface area (Å²) in [5, 5.41) is 42.0. The van der Waals surface area contributed by atoms with E-state index in [1.54, 1.807) is 0 Å². The molecule has 0 aliphatic carbocycles. The molecule has 5 aromatic carbocycles. The van der Waals surface area contributed by atoms with Crippen molar-refractivity contribution in [3.05, 3.63) is 169 Å². The third-order valence-corrected chi connectivity index (χ3v) is 10.4. The second-order valence-corrected chi connectivity index (χ2v) is 15.4. The van der Waals surface area contributed by atoms with E-state index in [2.05, 4.69) is 185 Å². The van der Waals surface area contributed by atoms with Gasteiger partial charge < -0.3 is 76.2 Å². The summed E-state index contributed by atoms with van der Waals surface area (Å²) >= 11 is 0. The number of nitrogens with zero attached hydrogens (tertiary/aromatic N) is 2. The summed E-state index contributed by atoms with van der Waals surface area (Å²) in [5.74, 6) is 0. The van der Waals surface area contributed by atoms with E-state index in [0.29, 0.717) is 6.98 Å². The predicted octanol–water partition coefficient (Wildman–Crippen LogP) is -7.25. The van der Waals surface area contributed by atoms with E-state index in [1.807, 2.05) is 48.5 Å². The van der Waals surface area contributed by atoms with E-state index >= 15 is 0 Å². The topological polar surface area (TPSA) is 163 Å². The van der Waals surface area contributed by atoms with Crippen molar-refractivity contribution in [1.29, 1.82) is 0 Å². The van der Waals surface area contributed by atoms with E-state index in [1.165, 1.54) is 22.3 Å². The molecule has 0 saturated carbocycles. The number of rotatable bonds is 8. The minimum atomic E-state index is 0.284. The Bertz CT molecular complexity index is 1650. The fraction of sp³-hybridized carbons (Fsp3) is 0.118. The molecule has 5 aliphatic heterocycles. The Balaban J connectivity index is 0.000000148. The fourth-order valence-electron chi connectivity index (χ4n) is 6.90. The average Bonchev–Trinajstić information content (AvgIpc) is 3.42. The summed E-state index contributed by atoms with van der Waals surface area (Å²) < 4.78 is 4.64. The standard InChI is InChI=1S/C14H14.C12H10.C6H6.C2H14B6N6.B6H10N6.B3H6N3/c1-3-7-13(8-4-1)11-12-14-9-5-2-6-10-14;1-3-7-11(8-4-1)12-9-5-2-6-10-12;1-2-4-6-5-3-1;1(8-12-4-9-5-13-8)2-14-6-10-3-11-7-14;1-8-4-12(5-9-1)6-10-2-7-3-11-6;1-4-2-6-3-5-1/h1-10H,11-12H2;1-10H;1-6H;3-7,9-13H,1-2H2;1-5,7-11H;1-6H. The van der Waals surface area contributed by atoms with E-state index in [-0.39, 0.29) is 7.12 Å². The van der Waals surface area contributed by atoms with Crippen LogP contribution >= 0.6 is 0 Å². The van der Waals surface area contributed by atoms with Gasteiger partial charge in [0.25, 0.3) is 105 Å². The van der Waals surface area contributed by atoms with E-state index in [9.17, 15) is 0 Å². The maximum Gasteiger partial charge on any atom is 0.355 e. The second kappa shape index (κ2) is 34.8. The number of hydrogen-bond acceptors (Lipinski definition) is 15. The lowest BCUT2D eigenvalue weighted by atomic mass is 9.62. The summed E-state index contributed by atoms with van der Waals surface area (Å²) in [4.78, 5) is 0. The summed E-state index contributed by atoms with van der Waals surface area (Å²) in [7, 11) is 12.3. The van der Waals surface area contributed by atoms with Crippen LogP contribution in [0.25, 0.3) is 11.1 Å².